The van der Waals surface area contributed by atoms with Gasteiger partial charge in [-0.3, -0.25) is 15.6 Å². The highest BCUT2D eigenvalue weighted by atomic mass is 35.5. The first-order chi connectivity index (χ1) is 13.1. The topological polar surface area (TPSA) is 71.0 Å². The van der Waals surface area contributed by atoms with E-state index in [9.17, 15) is 4.79 Å². The average Bonchev–Trinajstić information content (AvgIpc) is 3.19. The first-order valence-electron chi connectivity index (χ1n) is 8.30. The molecule has 0 bridgehead atoms. The normalized spacial score (nSPS) is 10.3. The summed E-state index contributed by atoms with van der Waals surface area (Å²) in [4.78, 5) is 12.2. The Morgan fingerprint density at radius 3 is 2.56 bits per heavy atom. The van der Waals surface area contributed by atoms with Crippen LogP contribution in [-0.4, -0.2) is 27.3 Å². The lowest BCUT2D eigenvalue weighted by Gasteiger charge is -2.11. The number of hydrazine groups is 1. The molecule has 138 valence electrons. The second-order valence-electron chi connectivity index (χ2n) is 5.72. The van der Waals surface area contributed by atoms with E-state index in [0.29, 0.717) is 22.2 Å². The first kappa shape index (κ1) is 18.9. The molecular formula is C19H18ClN5OS. The van der Waals surface area contributed by atoms with Gasteiger partial charge in [0, 0.05) is 17.8 Å². The fourth-order valence-electron chi connectivity index (χ4n) is 2.36. The number of rotatable bonds is 5. The van der Waals surface area contributed by atoms with Crippen molar-refractivity contribution in [1.29, 1.82) is 0 Å². The second kappa shape index (κ2) is 9.16. The lowest BCUT2D eigenvalue weighted by atomic mass is 10.1. The van der Waals surface area contributed by atoms with E-state index in [0.717, 1.165) is 17.7 Å². The van der Waals surface area contributed by atoms with Gasteiger partial charge in [0.2, 0.25) is 0 Å². The first-order valence-corrected chi connectivity index (χ1v) is 9.09. The summed E-state index contributed by atoms with van der Waals surface area (Å²) >= 11 is 11.0. The molecule has 0 aliphatic heterocycles. The number of carbonyl (C=O) groups is 1. The maximum Gasteiger partial charge on any atom is 0.272 e. The molecule has 1 heterocycles. The smallest absolute Gasteiger partial charge is 0.272 e. The summed E-state index contributed by atoms with van der Waals surface area (Å²) in [5.74, 6) is -0.320. The number of para-hydroxylation sites is 1. The van der Waals surface area contributed by atoms with Crippen LogP contribution in [0.3, 0.4) is 0 Å². The van der Waals surface area contributed by atoms with E-state index in [1.807, 2.05) is 54.6 Å². The Labute approximate surface area is 167 Å². The highest BCUT2D eigenvalue weighted by Crippen LogP contribution is 2.09. The summed E-state index contributed by atoms with van der Waals surface area (Å²) in [6.45, 7) is 0.634. The molecule has 0 spiro atoms. The molecule has 0 saturated carbocycles. The van der Waals surface area contributed by atoms with E-state index in [4.69, 9.17) is 23.8 Å². The summed E-state index contributed by atoms with van der Waals surface area (Å²) < 4.78 is 1.64. The summed E-state index contributed by atoms with van der Waals surface area (Å²) in [5.41, 5.74) is 7.69. The van der Waals surface area contributed by atoms with Gasteiger partial charge in [0.05, 0.1) is 17.4 Å². The van der Waals surface area contributed by atoms with Crippen LogP contribution in [0, 0.1) is 0 Å². The van der Waals surface area contributed by atoms with Crippen LogP contribution < -0.4 is 16.2 Å². The standard InChI is InChI=1S/C19H18ClN5OS/c20-16-8-6-14(7-9-16)10-11-21-19(27)24-23-18(26)15-12-22-25(13-15)17-4-2-1-3-5-17/h1-9,12-13H,10-11H2,(H,23,26)(H2,21,24,27). The van der Waals surface area contributed by atoms with Crippen LogP contribution in [0.1, 0.15) is 15.9 Å². The van der Waals surface area contributed by atoms with Gasteiger partial charge >= 0.3 is 0 Å². The molecule has 0 radical (unpaired) electrons. The molecule has 3 N–H and O–H groups in total. The maximum absolute atomic E-state index is 12.2. The molecule has 0 unspecified atom stereocenters. The molecule has 0 saturated heterocycles. The number of aromatic nitrogens is 2. The van der Waals surface area contributed by atoms with E-state index < -0.39 is 0 Å². The highest BCUT2D eigenvalue weighted by Gasteiger charge is 2.09. The predicted octanol–water partition coefficient (Wildman–Crippen LogP) is 2.88. The number of halogens is 1. The van der Waals surface area contributed by atoms with Gasteiger partial charge in [0.25, 0.3) is 5.91 Å². The van der Waals surface area contributed by atoms with Crippen molar-refractivity contribution in [2.45, 2.75) is 6.42 Å². The molecule has 3 aromatic rings. The average molecular weight is 400 g/mol. The Kier molecular flexibility index (Phi) is 6.40. The van der Waals surface area contributed by atoms with Gasteiger partial charge in [0.1, 0.15) is 0 Å². The van der Waals surface area contributed by atoms with Crippen molar-refractivity contribution >= 4 is 34.8 Å². The molecule has 8 heteroatoms. The molecule has 0 fully saturated rings. The van der Waals surface area contributed by atoms with E-state index in [1.54, 1.807) is 10.9 Å². The second-order valence-corrected chi connectivity index (χ2v) is 6.57. The zero-order chi connectivity index (χ0) is 19.1. The van der Waals surface area contributed by atoms with Crippen LogP contribution in [0.25, 0.3) is 5.69 Å². The van der Waals surface area contributed by atoms with Gasteiger partial charge in [-0.2, -0.15) is 5.10 Å². The zero-order valence-electron chi connectivity index (χ0n) is 14.4. The summed E-state index contributed by atoms with van der Waals surface area (Å²) in [5, 5.41) is 8.28. The van der Waals surface area contributed by atoms with Crippen molar-refractivity contribution in [3.8, 4) is 5.69 Å². The Hall–Kier alpha value is -2.90. The van der Waals surface area contributed by atoms with Crippen molar-refractivity contribution < 1.29 is 4.79 Å². The third kappa shape index (κ3) is 5.54. The number of hydrogen-bond acceptors (Lipinski definition) is 3. The molecule has 1 amide bonds. The lowest BCUT2D eigenvalue weighted by molar-refractivity contribution is 0.0943. The molecule has 3 rings (SSSR count). The predicted molar refractivity (Wildman–Crippen MR) is 110 cm³/mol. The highest BCUT2D eigenvalue weighted by molar-refractivity contribution is 7.80. The maximum atomic E-state index is 12.2. The van der Waals surface area contributed by atoms with Crippen LogP contribution in [0.5, 0.6) is 0 Å². The van der Waals surface area contributed by atoms with Crippen molar-refractivity contribution in [1.82, 2.24) is 25.9 Å². The number of carbonyl (C=O) groups excluding carboxylic acids is 1. The molecule has 0 atom stereocenters. The molecule has 1 aromatic heterocycles. The molecule has 0 aliphatic rings. The number of benzene rings is 2. The van der Waals surface area contributed by atoms with Crippen molar-refractivity contribution in [2.75, 3.05) is 6.54 Å². The lowest BCUT2D eigenvalue weighted by Crippen LogP contribution is -2.47. The van der Waals surface area contributed by atoms with Gasteiger partial charge in [-0.15, -0.1) is 0 Å². The minimum atomic E-state index is -0.320. The SMILES string of the molecule is O=C(NNC(=S)NCCc1ccc(Cl)cc1)c1cnn(-c2ccccc2)c1. The van der Waals surface area contributed by atoms with Gasteiger partial charge in [-0.1, -0.05) is 41.9 Å². The van der Waals surface area contributed by atoms with Crippen LogP contribution >= 0.6 is 23.8 Å². The zero-order valence-corrected chi connectivity index (χ0v) is 15.9. The van der Waals surface area contributed by atoms with Crippen molar-refractivity contribution in [3.05, 3.63) is 83.1 Å². The third-order valence-corrected chi connectivity index (χ3v) is 4.27. The van der Waals surface area contributed by atoms with Crippen LogP contribution in [-0.2, 0) is 6.42 Å². The summed E-state index contributed by atoms with van der Waals surface area (Å²) in [6.07, 6.45) is 3.95. The van der Waals surface area contributed by atoms with Crippen LogP contribution in [0.2, 0.25) is 5.02 Å². The van der Waals surface area contributed by atoms with E-state index in [1.165, 1.54) is 6.20 Å². The van der Waals surface area contributed by atoms with Gasteiger partial charge in [0.15, 0.2) is 5.11 Å². The largest absolute Gasteiger partial charge is 0.361 e. The van der Waals surface area contributed by atoms with Gasteiger partial charge in [-0.05, 0) is 48.5 Å². The quantitative estimate of drug-likeness (QED) is 0.454. The number of amides is 1. The Balaban J connectivity index is 1.43. The van der Waals surface area contributed by atoms with Crippen LogP contribution in [0.15, 0.2) is 67.0 Å². The number of hydrogen-bond donors (Lipinski definition) is 3. The number of nitrogens with one attached hydrogen (secondary N) is 3. The Morgan fingerprint density at radius 2 is 1.81 bits per heavy atom. The number of nitrogens with zero attached hydrogens (tertiary/aromatic N) is 2. The molecule has 6 nitrogen and oxygen atoms in total. The van der Waals surface area contributed by atoms with E-state index in [2.05, 4.69) is 21.3 Å². The monoisotopic (exact) mass is 399 g/mol. The van der Waals surface area contributed by atoms with Gasteiger partial charge in [-0.25, -0.2) is 4.68 Å². The van der Waals surface area contributed by atoms with Crippen molar-refractivity contribution in [3.63, 3.8) is 0 Å². The van der Waals surface area contributed by atoms with E-state index >= 15 is 0 Å². The fourth-order valence-corrected chi connectivity index (χ4v) is 2.64. The molecule has 2 aromatic carbocycles. The third-order valence-electron chi connectivity index (χ3n) is 3.77. The van der Waals surface area contributed by atoms with E-state index in [-0.39, 0.29) is 5.91 Å². The van der Waals surface area contributed by atoms with Gasteiger partial charge < -0.3 is 5.32 Å². The summed E-state index contributed by atoms with van der Waals surface area (Å²) in [6, 6.07) is 17.2. The molecule has 0 aliphatic carbocycles. The number of thiocarbonyl (C=S) groups is 1. The van der Waals surface area contributed by atoms with Crippen LogP contribution in [0.4, 0.5) is 0 Å². The molecular weight excluding hydrogens is 382 g/mol. The summed E-state index contributed by atoms with van der Waals surface area (Å²) in [7, 11) is 0. The Bertz CT molecular complexity index is 911. The van der Waals surface area contributed by atoms with Crippen molar-refractivity contribution in [2.24, 2.45) is 0 Å². The molecule has 27 heavy (non-hydrogen) atoms. The Morgan fingerprint density at radius 1 is 1.07 bits per heavy atom. The minimum absolute atomic E-state index is 0.320. The minimum Gasteiger partial charge on any atom is -0.361 e. The fraction of sp³-hybridized carbons (Fsp3) is 0.105.